The number of carboxylic acid groups (broad SMARTS) is 1. The first-order valence-electron chi connectivity index (χ1n) is 11.7. The Kier molecular flexibility index (Phi) is 8.17. The van der Waals surface area contributed by atoms with Crippen molar-refractivity contribution in [2.75, 3.05) is 25.0 Å². The third kappa shape index (κ3) is 6.18. The molecule has 2 saturated heterocycles. The fraction of sp³-hybridized carbons (Fsp3) is 0.480. The standard InChI is InChI=1S/C23H30N4O.C2HF3O2/c1-17-16-20(27(14-4-5-15-27)26-13-7-9-19(26)3)11-12-21(17)25-23(28)22-10-6-8-18(2)24-22;3-2(4,5)1(6)7/h6,8,10-12,16,19H,4-5,7,9,13-15H2,1-3H3;(H,6,7)/p+1/t19-;/m0./s1. The number of quaternary nitrogens is 1. The lowest BCUT2D eigenvalue weighted by Gasteiger charge is -2.43. The van der Waals surface area contributed by atoms with Crippen molar-refractivity contribution in [3.63, 3.8) is 0 Å². The summed E-state index contributed by atoms with van der Waals surface area (Å²) >= 11 is 0. The number of benzene rings is 1. The van der Waals surface area contributed by atoms with E-state index < -0.39 is 12.1 Å². The number of pyridine rings is 1. The molecule has 0 bridgehead atoms. The van der Waals surface area contributed by atoms with Gasteiger partial charge in [0.05, 0.1) is 6.04 Å². The second-order valence-electron chi connectivity index (χ2n) is 9.15. The third-order valence-electron chi connectivity index (χ3n) is 6.62. The van der Waals surface area contributed by atoms with E-state index in [-0.39, 0.29) is 5.91 Å². The highest BCUT2D eigenvalue weighted by Gasteiger charge is 2.45. The molecule has 7 nitrogen and oxygen atoms in total. The maximum absolute atomic E-state index is 12.6. The quantitative estimate of drug-likeness (QED) is 0.580. The third-order valence-corrected chi connectivity index (χ3v) is 6.62. The number of carboxylic acids is 1. The molecule has 10 heteroatoms. The van der Waals surface area contributed by atoms with Crippen molar-refractivity contribution in [3.8, 4) is 0 Å². The van der Waals surface area contributed by atoms with E-state index in [2.05, 4.69) is 47.4 Å². The highest BCUT2D eigenvalue weighted by atomic mass is 19.4. The minimum absolute atomic E-state index is 0.155. The van der Waals surface area contributed by atoms with Gasteiger partial charge >= 0.3 is 12.1 Å². The molecule has 2 N–H and O–H groups in total. The number of carbonyl (C=O) groups is 2. The second-order valence-corrected chi connectivity index (χ2v) is 9.15. The van der Waals surface area contributed by atoms with Gasteiger partial charge in [-0.1, -0.05) is 6.07 Å². The molecule has 0 radical (unpaired) electrons. The number of amides is 1. The molecule has 2 aliphatic heterocycles. The minimum atomic E-state index is -5.08. The number of nitrogens with zero attached hydrogens (tertiary/aromatic N) is 3. The Morgan fingerprint density at radius 2 is 1.77 bits per heavy atom. The molecule has 0 aliphatic carbocycles. The Morgan fingerprint density at radius 3 is 2.29 bits per heavy atom. The first kappa shape index (κ1) is 26.6. The molecule has 0 unspecified atom stereocenters. The van der Waals surface area contributed by atoms with Crippen molar-refractivity contribution < 1.29 is 27.9 Å². The minimum Gasteiger partial charge on any atom is -0.475 e. The number of anilines is 1. The van der Waals surface area contributed by atoms with Crippen LogP contribution in [0.1, 0.15) is 54.4 Å². The van der Waals surface area contributed by atoms with Gasteiger partial charge in [0.15, 0.2) is 5.69 Å². The van der Waals surface area contributed by atoms with Crippen LogP contribution >= 0.6 is 0 Å². The summed E-state index contributed by atoms with van der Waals surface area (Å²) in [5.41, 5.74) is 4.63. The Labute approximate surface area is 203 Å². The van der Waals surface area contributed by atoms with E-state index in [1.54, 1.807) is 6.07 Å². The first-order valence-corrected chi connectivity index (χ1v) is 11.7. The fourth-order valence-electron chi connectivity index (χ4n) is 4.91. The summed E-state index contributed by atoms with van der Waals surface area (Å²) in [4.78, 5) is 25.8. The molecule has 35 heavy (non-hydrogen) atoms. The van der Waals surface area contributed by atoms with Gasteiger partial charge in [-0.2, -0.15) is 13.2 Å². The smallest absolute Gasteiger partial charge is 0.475 e. The topological polar surface area (TPSA) is 82.5 Å². The molecule has 2 aliphatic rings. The van der Waals surface area contributed by atoms with E-state index in [9.17, 15) is 18.0 Å². The molecular formula is C25H32F3N4O3+. The van der Waals surface area contributed by atoms with Gasteiger partial charge in [-0.25, -0.2) is 14.4 Å². The number of rotatable bonds is 4. The summed E-state index contributed by atoms with van der Waals surface area (Å²) in [6.45, 7) is 9.89. The van der Waals surface area contributed by atoms with Crippen LogP contribution in [0.3, 0.4) is 0 Å². The van der Waals surface area contributed by atoms with E-state index in [0.29, 0.717) is 11.7 Å². The predicted molar refractivity (Wildman–Crippen MR) is 128 cm³/mol. The zero-order chi connectivity index (χ0) is 25.8. The van der Waals surface area contributed by atoms with E-state index in [1.807, 2.05) is 19.1 Å². The molecule has 1 aromatic heterocycles. The number of aromatic nitrogens is 1. The number of carbonyl (C=O) groups excluding carboxylic acids is 1. The van der Waals surface area contributed by atoms with Gasteiger partial charge in [0, 0.05) is 42.9 Å². The Hall–Kier alpha value is -2.98. The van der Waals surface area contributed by atoms with E-state index in [0.717, 1.165) is 21.5 Å². The normalized spacial score (nSPS) is 19.7. The predicted octanol–water partition coefficient (Wildman–Crippen LogP) is 5.08. The zero-order valence-electron chi connectivity index (χ0n) is 20.2. The van der Waals surface area contributed by atoms with Crippen molar-refractivity contribution in [2.24, 2.45) is 0 Å². The van der Waals surface area contributed by atoms with Crippen molar-refractivity contribution in [1.29, 1.82) is 0 Å². The lowest BCUT2D eigenvalue weighted by molar-refractivity contribution is -0.192. The molecule has 2 fully saturated rings. The van der Waals surface area contributed by atoms with Crippen LogP contribution < -0.4 is 9.91 Å². The summed E-state index contributed by atoms with van der Waals surface area (Å²) < 4.78 is 32.7. The molecule has 190 valence electrons. The Balaban J connectivity index is 0.000000429. The lowest BCUT2D eigenvalue weighted by Crippen LogP contribution is -2.61. The fourth-order valence-corrected chi connectivity index (χ4v) is 4.91. The van der Waals surface area contributed by atoms with Crippen LogP contribution in [0, 0.1) is 13.8 Å². The average Bonchev–Trinajstić information content (AvgIpc) is 3.44. The number of nitrogens with one attached hydrogen (secondary N) is 1. The maximum atomic E-state index is 12.6. The summed E-state index contributed by atoms with van der Waals surface area (Å²) in [6.07, 6.45) is 0.0496. The lowest BCUT2D eigenvalue weighted by atomic mass is 10.1. The molecular weight excluding hydrogens is 461 g/mol. The van der Waals surface area contributed by atoms with E-state index >= 15 is 0 Å². The zero-order valence-corrected chi connectivity index (χ0v) is 20.2. The molecule has 2 aromatic rings. The molecule has 4 rings (SSSR count). The van der Waals surface area contributed by atoms with Crippen LogP contribution in [0.4, 0.5) is 24.5 Å². The highest BCUT2D eigenvalue weighted by Crippen LogP contribution is 2.38. The molecule has 1 atom stereocenters. The van der Waals surface area contributed by atoms with Gasteiger partial charge < -0.3 is 10.4 Å². The van der Waals surface area contributed by atoms with Crippen molar-refractivity contribution in [2.45, 2.75) is 58.7 Å². The molecule has 3 heterocycles. The SMILES string of the molecule is Cc1cccc(C(=O)Nc2ccc([N+]3(N4CCC[C@@H]4C)CCCC3)cc2C)n1.O=C(O)C(F)(F)F. The Morgan fingerprint density at radius 1 is 1.11 bits per heavy atom. The number of alkyl halides is 3. The van der Waals surface area contributed by atoms with Crippen LogP contribution in [0.25, 0.3) is 0 Å². The molecule has 1 aromatic carbocycles. The number of aliphatic carboxylic acids is 1. The highest BCUT2D eigenvalue weighted by molar-refractivity contribution is 6.03. The van der Waals surface area contributed by atoms with Gasteiger partial charge in [-0.05, 0) is 57.4 Å². The number of halogens is 3. The average molecular weight is 494 g/mol. The van der Waals surface area contributed by atoms with Crippen molar-refractivity contribution in [3.05, 3.63) is 53.3 Å². The summed E-state index contributed by atoms with van der Waals surface area (Å²) in [6, 6.07) is 12.7. The van der Waals surface area contributed by atoms with Crippen LogP contribution in [-0.2, 0) is 4.79 Å². The van der Waals surface area contributed by atoms with Crippen LogP contribution in [0.5, 0.6) is 0 Å². The van der Waals surface area contributed by atoms with Crippen LogP contribution in [0.2, 0.25) is 0 Å². The van der Waals surface area contributed by atoms with Crippen LogP contribution in [-0.4, -0.2) is 58.8 Å². The number of hydrogen-bond donors (Lipinski definition) is 2. The van der Waals surface area contributed by atoms with E-state index in [4.69, 9.17) is 9.90 Å². The van der Waals surface area contributed by atoms with E-state index in [1.165, 1.54) is 51.0 Å². The van der Waals surface area contributed by atoms with Gasteiger partial charge in [0.1, 0.15) is 18.8 Å². The largest absolute Gasteiger partial charge is 0.490 e. The molecule has 1 amide bonds. The molecule has 0 spiro atoms. The maximum Gasteiger partial charge on any atom is 0.490 e. The number of hydrogen-bond acceptors (Lipinski definition) is 4. The first-order chi connectivity index (χ1) is 16.4. The van der Waals surface area contributed by atoms with Crippen molar-refractivity contribution >= 4 is 23.3 Å². The second kappa shape index (κ2) is 10.7. The van der Waals surface area contributed by atoms with Crippen molar-refractivity contribution in [1.82, 2.24) is 14.6 Å². The summed E-state index contributed by atoms with van der Waals surface area (Å²) in [5, 5.41) is 12.9. The van der Waals surface area contributed by atoms with Gasteiger partial charge in [-0.3, -0.25) is 4.79 Å². The summed E-state index contributed by atoms with van der Waals surface area (Å²) in [7, 11) is 0. The van der Waals surface area contributed by atoms with Gasteiger partial charge in [0.2, 0.25) is 0 Å². The summed E-state index contributed by atoms with van der Waals surface area (Å²) in [5.74, 6) is -2.91. The van der Waals surface area contributed by atoms with Gasteiger partial charge in [0.25, 0.3) is 5.91 Å². The van der Waals surface area contributed by atoms with Crippen LogP contribution in [0.15, 0.2) is 36.4 Å². The van der Waals surface area contributed by atoms with Gasteiger partial charge in [-0.15, -0.1) is 5.01 Å². The number of aryl methyl sites for hydroxylation is 2. The monoisotopic (exact) mass is 493 g/mol. The molecule has 0 saturated carbocycles. The Bertz CT molecular complexity index is 1070.